The first kappa shape index (κ1) is 19.4. The smallest absolute Gasteiger partial charge is 0.295 e. The number of aromatic nitrogens is 3. The maximum absolute atomic E-state index is 12.8. The predicted molar refractivity (Wildman–Crippen MR) is 117 cm³/mol. The van der Waals surface area contributed by atoms with Crippen LogP contribution in [0.15, 0.2) is 78.9 Å². The molecule has 4 aromatic rings. The van der Waals surface area contributed by atoms with Crippen LogP contribution in [0.5, 0.6) is 5.75 Å². The highest BCUT2D eigenvalue weighted by Gasteiger charge is 2.19. The van der Waals surface area contributed by atoms with Crippen molar-refractivity contribution >= 4 is 11.6 Å². The Labute approximate surface area is 175 Å². The van der Waals surface area contributed by atoms with Gasteiger partial charge in [0.1, 0.15) is 5.75 Å². The Morgan fingerprint density at radius 1 is 1.00 bits per heavy atom. The number of hydrogen-bond acceptors (Lipinski definition) is 4. The summed E-state index contributed by atoms with van der Waals surface area (Å²) in [6.45, 7) is 4.56. The lowest BCUT2D eigenvalue weighted by molar-refractivity contribution is 0.101. The number of nitrogens with zero attached hydrogens (tertiary/aromatic N) is 3. The summed E-state index contributed by atoms with van der Waals surface area (Å²) >= 11 is 0. The Hall–Kier alpha value is -3.93. The molecule has 0 spiro atoms. The molecule has 0 unspecified atom stereocenters. The van der Waals surface area contributed by atoms with Crippen LogP contribution in [0.3, 0.4) is 0 Å². The molecule has 0 aliphatic rings. The molecular weight excluding hydrogens is 376 g/mol. The Balaban J connectivity index is 1.74. The summed E-state index contributed by atoms with van der Waals surface area (Å²) in [5, 5.41) is 7.35. The molecule has 0 saturated heterocycles. The number of amides is 1. The summed E-state index contributed by atoms with van der Waals surface area (Å²) in [4.78, 5) is 17.3. The van der Waals surface area contributed by atoms with Crippen molar-refractivity contribution in [1.29, 1.82) is 0 Å². The van der Waals surface area contributed by atoms with Gasteiger partial charge in [-0.05, 0) is 56.3 Å². The molecular formula is C24H22N4O2. The first-order valence-electron chi connectivity index (χ1n) is 9.78. The number of hydrogen-bond donors (Lipinski definition) is 1. The average molecular weight is 398 g/mol. The van der Waals surface area contributed by atoms with E-state index in [4.69, 9.17) is 4.74 Å². The van der Waals surface area contributed by atoms with Crippen LogP contribution in [0.4, 0.5) is 5.69 Å². The molecule has 4 rings (SSSR count). The van der Waals surface area contributed by atoms with Crippen LogP contribution in [-0.4, -0.2) is 27.3 Å². The molecule has 3 aromatic carbocycles. The molecule has 0 fully saturated rings. The molecule has 1 heterocycles. The number of nitrogens with one attached hydrogen (secondary N) is 1. The summed E-state index contributed by atoms with van der Waals surface area (Å²) in [7, 11) is 0. The second kappa shape index (κ2) is 8.61. The van der Waals surface area contributed by atoms with Gasteiger partial charge in [-0.2, -0.15) is 0 Å². The van der Waals surface area contributed by atoms with Gasteiger partial charge in [0.05, 0.1) is 12.3 Å². The van der Waals surface area contributed by atoms with E-state index in [0.29, 0.717) is 18.1 Å². The molecule has 6 heteroatoms. The molecule has 150 valence electrons. The highest BCUT2D eigenvalue weighted by atomic mass is 16.5. The molecule has 0 bridgehead atoms. The fourth-order valence-electron chi connectivity index (χ4n) is 3.12. The molecule has 0 aliphatic carbocycles. The van der Waals surface area contributed by atoms with Gasteiger partial charge in [0, 0.05) is 11.3 Å². The fraction of sp³-hybridized carbons (Fsp3) is 0.125. The summed E-state index contributed by atoms with van der Waals surface area (Å²) in [6, 6.07) is 24.8. The van der Waals surface area contributed by atoms with E-state index in [0.717, 1.165) is 22.6 Å². The highest BCUT2D eigenvalue weighted by Crippen LogP contribution is 2.24. The zero-order chi connectivity index (χ0) is 20.9. The number of benzene rings is 3. The number of rotatable bonds is 6. The largest absolute Gasteiger partial charge is 0.494 e. The van der Waals surface area contributed by atoms with E-state index < -0.39 is 0 Å². The number of carbonyl (C=O) groups is 1. The minimum absolute atomic E-state index is 0.101. The first-order valence-corrected chi connectivity index (χ1v) is 9.78. The number of aryl methyl sites for hydroxylation is 1. The van der Waals surface area contributed by atoms with Crippen molar-refractivity contribution in [2.75, 3.05) is 11.9 Å². The minimum Gasteiger partial charge on any atom is -0.494 e. The van der Waals surface area contributed by atoms with Gasteiger partial charge in [-0.1, -0.05) is 42.0 Å². The molecule has 1 aromatic heterocycles. The fourth-order valence-corrected chi connectivity index (χ4v) is 3.12. The van der Waals surface area contributed by atoms with E-state index in [1.165, 1.54) is 0 Å². The average Bonchev–Trinajstić information content (AvgIpc) is 3.21. The third kappa shape index (κ3) is 4.22. The summed E-state index contributed by atoms with van der Waals surface area (Å²) < 4.78 is 7.21. The van der Waals surface area contributed by atoms with Gasteiger partial charge in [0.25, 0.3) is 5.91 Å². The van der Waals surface area contributed by atoms with Gasteiger partial charge in [0.2, 0.25) is 5.82 Å². The summed E-state index contributed by atoms with van der Waals surface area (Å²) in [5.41, 5.74) is 3.47. The van der Waals surface area contributed by atoms with Crippen molar-refractivity contribution < 1.29 is 9.53 Å². The minimum atomic E-state index is -0.361. The number of para-hydroxylation sites is 1. The maximum atomic E-state index is 12.8. The Morgan fingerprint density at radius 2 is 1.77 bits per heavy atom. The van der Waals surface area contributed by atoms with Gasteiger partial charge in [0.15, 0.2) is 5.82 Å². The van der Waals surface area contributed by atoms with E-state index in [2.05, 4.69) is 15.4 Å². The third-order valence-electron chi connectivity index (χ3n) is 4.51. The van der Waals surface area contributed by atoms with Crippen LogP contribution in [-0.2, 0) is 0 Å². The van der Waals surface area contributed by atoms with Crippen LogP contribution < -0.4 is 10.1 Å². The lowest BCUT2D eigenvalue weighted by atomic mass is 10.1. The van der Waals surface area contributed by atoms with Crippen molar-refractivity contribution in [1.82, 2.24) is 14.8 Å². The van der Waals surface area contributed by atoms with Gasteiger partial charge >= 0.3 is 0 Å². The van der Waals surface area contributed by atoms with E-state index in [-0.39, 0.29) is 11.7 Å². The predicted octanol–water partition coefficient (Wildman–Crippen LogP) is 4.89. The van der Waals surface area contributed by atoms with Crippen molar-refractivity contribution in [3.05, 3.63) is 90.3 Å². The van der Waals surface area contributed by atoms with E-state index in [9.17, 15) is 4.79 Å². The Bertz CT molecular complexity index is 1150. The molecule has 1 amide bonds. The zero-order valence-electron chi connectivity index (χ0n) is 16.9. The zero-order valence-corrected chi connectivity index (χ0v) is 16.9. The molecule has 30 heavy (non-hydrogen) atoms. The molecule has 0 saturated carbocycles. The Morgan fingerprint density at radius 3 is 2.47 bits per heavy atom. The second-order valence-corrected chi connectivity index (χ2v) is 6.79. The van der Waals surface area contributed by atoms with Gasteiger partial charge in [-0.25, -0.2) is 9.67 Å². The van der Waals surface area contributed by atoms with Crippen molar-refractivity contribution in [3.63, 3.8) is 0 Å². The topological polar surface area (TPSA) is 69.0 Å². The van der Waals surface area contributed by atoms with Crippen LogP contribution in [0, 0.1) is 6.92 Å². The summed E-state index contributed by atoms with van der Waals surface area (Å²) in [5.74, 6) is 1.12. The van der Waals surface area contributed by atoms with Crippen LogP contribution in [0.2, 0.25) is 0 Å². The van der Waals surface area contributed by atoms with Crippen molar-refractivity contribution in [2.24, 2.45) is 0 Å². The van der Waals surface area contributed by atoms with Crippen LogP contribution in [0.1, 0.15) is 23.1 Å². The van der Waals surface area contributed by atoms with Crippen LogP contribution in [0.25, 0.3) is 17.1 Å². The number of carbonyl (C=O) groups excluding carboxylic acids is 1. The molecule has 6 nitrogen and oxygen atoms in total. The molecule has 1 N–H and O–H groups in total. The van der Waals surface area contributed by atoms with E-state index in [1.807, 2.05) is 92.7 Å². The Kier molecular flexibility index (Phi) is 5.57. The molecule has 0 atom stereocenters. The van der Waals surface area contributed by atoms with Crippen LogP contribution >= 0.6 is 0 Å². The van der Waals surface area contributed by atoms with Crippen molar-refractivity contribution in [3.8, 4) is 22.8 Å². The van der Waals surface area contributed by atoms with E-state index >= 15 is 0 Å². The second-order valence-electron chi connectivity index (χ2n) is 6.79. The van der Waals surface area contributed by atoms with E-state index in [1.54, 1.807) is 4.68 Å². The third-order valence-corrected chi connectivity index (χ3v) is 4.51. The summed E-state index contributed by atoms with van der Waals surface area (Å²) in [6.07, 6.45) is 0. The van der Waals surface area contributed by atoms with Gasteiger partial charge in [-0.15, -0.1) is 5.10 Å². The monoisotopic (exact) mass is 398 g/mol. The normalized spacial score (nSPS) is 10.6. The number of anilines is 1. The lowest BCUT2D eigenvalue weighted by Gasteiger charge is -2.08. The number of ether oxygens (including phenoxy) is 1. The van der Waals surface area contributed by atoms with Gasteiger partial charge < -0.3 is 10.1 Å². The lowest BCUT2D eigenvalue weighted by Crippen LogP contribution is -2.14. The standard InChI is InChI=1S/C24H22N4O2/c1-3-30-21-14-12-20(13-15-21)28-23(18-9-7-8-17(2)16-18)26-22(27-28)24(29)25-19-10-5-4-6-11-19/h4-16H,3H2,1-2H3,(H,25,29). The molecule has 0 radical (unpaired) electrons. The maximum Gasteiger partial charge on any atom is 0.295 e. The SMILES string of the molecule is CCOc1ccc(-n2nc(C(=O)Nc3ccccc3)nc2-c2cccc(C)c2)cc1. The molecule has 0 aliphatic heterocycles. The van der Waals surface area contributed by atoms with Crippen molar-refractivity contribution in [2.45, 2.75) is 13.8 Å². The van der Waals surface area contributed by atoms with Gasteiger partial charge in [-0.3, -0.25) is 4.79 Å². The highest BCUT2D eigenvalue weighted by molar-refractivity contribution is 6.01. The first-order chi connectivity index (χ1) is 14.6. The quantitative estimate of drug-likeness (QED) is 0.502.